The van der Waals surface area contributed by atoms with Crippen LogP contribution in [-0.4, -0.2) is 44.6 Å². The van der Waals surface area contributed by atoms with Crippen LogP contribution in [-0.2, 0) is 22.6 Å². The summed E-state index contributed by atoms with van der Waals surface area (Å²) >= 11 is 0. The van der Waals surface area contributed by atoms with Crippen molar-refractivity contribution < 1.29 is 9.59 Å². The Morgan fingerprint density at radius 3 is 2.67 bits per heavy atom. The second-order valence-corrected chi connectivity index (χ2v) is 6.85. The molecule has 3 rings (SSSR count). The first kappa shape index (κ1) is 16.9. The van der Waals surface area contributed by atoms with E-state index in [1.165, 1.54) is 6.42 Å². The lowest BCUT2D eigenvalue weighted by Gasteiger charge is -2.21. The molecule has 2 aliphatic heterocycles. The van der Waals surface area contributed by atoms with E-state index in [0.717, 1.165) is 56.7 Å². The number of rotatable bonds is 4. The van der Waals surface area contributed by atoms with E-state index < -0.39 is 0 Å². The lowest BCUT2D eigenvalue weighted by atomic mass is 10.2. The third-order valence-corrected chi connectivity index (χ3v) is 4.91. The zero-order chi connectivity index (χ0) is 16.9. The third-order valence-electron chi connectivity index (χ3n) is 4.91. The van der Waals surface area contributed by atoms with Gasteiger partial charge in [0.25, 0.3) is 0 Å². The van der Waals surface area contributed by atoms with Crippen molar-refractivity contribution in [2.75, 3.05) is 13.1 Å². The maximum absolute atomic E-state index is 12.3. The molecule has 1 aromatic heterocycles. The minimum Gasteiger partial charge on any atom is -0.345 e. The predicted molar refractivity (Wildman–Crippen MR) is 89.2 cm³/mol. The van der Waals surface area contributed by atoms with Gasteiger partial charge in [-0.25, -0.2) is 0 Å². The molecule has 0 saturated carbocycles. The Kier molecular flexibility index (Phi) is 5.48. The molecule has 2 amide bonds. The van der Waals surface area contributed by atoms with E-state index in [4.69, 9.17) is 0 Å². The topological polar surface area (TPSA) is 80.1 Å². The van der Waals surface area contributed by atoms with Gasteiger partial charge in [-0.05, 0) is 32.6 Å². The van der Waals surface area contributed by atoms with Crippen LogP contribution in [0.25, 0.3) is 0 Å². The number of amides is 2. The van der Waals surface area contributed by atoms with Crippen LogP contribution >= 0.6 is 0 Å². The molecule has 0 unspecified atom stereocenters. The van der Waals surface area contributed by atoms with Crippen molar-refractivity contribution in [3.63, 3.8) is 0 Å². The molecule has 7 heteroatoms. The van der Waals surface area contributed by atoms with Crippen LogP contribution < -0.4 is 5.32 Å². The number of aryl methyl sites for hydroxylation is 1. The molecule has 2 aliphatic rings. The van der Waals surface area contributed by atoms with E-state index in [9.17, 15) is 9.59 Å². The average Bonchev–Trinajstić information content (AvgIpc) is 2.70. The van der Waals surface area contributed by atoms with Crippen molar-refractivity contribution in [2.24, 2.45) is 0 Å². The van der Waals surface area contributed by atoms with Crippen molar-refractivity contribution >= 4 is 11.8 Å². The van der Waals surface area contributed by atoms with E-state index in [1.54, 1.807) is 4.90 Å². The summed E-state index contributed by atoms with van der Waals surface area (Å²) < 4.78 is 2.15. The fourth-order valence-electron chi connectivity index (χ4n) is 3.56. The van der Waals surface area contributed by atoms with Gasteiger partial charge in [0.15, 0.2) is 5.82 Å². The van der Waals surface area contributed by atoms with Crippen molar-refractivity contribution in [3.8, 4) is 0 Å². The minimum atomic E-state index is -0.195. The van der Waals surface area contributed by atoms with Crippen molar-refractivity contribution in [3.05, 3.63) is 11.6 Å². The Hall–Kier alpha value is -1.92. The zero-order valence-electron chi connectivity index (χ0n) is 14.5. The zero-order valence-corrected chi connectivity index (χ0v) is 14.5. The normalized spacial score (nSPS) is 20.0. The number of carbonyl (C=O) groups excluding carboxylic acids is 2. The fraction of sp³-hybridized carbons (Fsp3) is 0.765. The number of hydrogen-bond donors (Lipinski definition) is 1. The van der Waals surface area contributed by atoms with Crippen LogP contribution in [0.15, 0.2) is 0 Å². The third kappa shape index (κ3) is 3.94. The van der Waals surface area contributed by atoms with Crippen LogP contribution in [0.5, 0.6) is 0 Å². The summed E-state index contributed by atoms with van der Waals surface area (Å²) in [6, 6.07) is -0.195. The second-order valence-electron chi connectivity index (χ2n) is 6.85. The summed E-state index contributed by atoms with van der Waals surface area (Å²) in [6.45, 7) is 3.68. The van der Waals surface area contributed by atoms with Gasteiger partial charge in [0.05, 0.1) is 12.6 Å². The lowest BCUT2D eigenvalue weighted by Crippen LogP contribution is -2.41. The van der Waals surface area contributed by atoms with Crippen molar-refractivity contribution in [1.29, 1.82) is 0 Å². The number of carbonyl (C=O) groups is 2. The SMILES string of the molecule is C[C@H](NC(=O)CN1CCCCCC1=O)c1nnc2n1CCCCC2. The van der Waals surface area contributed by atoms with E-state index in [-0.39, 0.29) is 24.4 Å². The fourth-order valence-corrected chi connectivity index (χ4v) is 3.56. The molecule has 1 saturated heterocycles. The summed E-state index contributed by atoms with van der Waals surface area (Å²) in [7, 11) is 0. The Labute approximate surface area is 142 Å². The summed E-state index contributed by atoms with van der Waals surface area (Å²) in [5.74, 6) is 1.81. The second kappa shape index (κ2) is 7.77. The highest BCUT2D eigenvalue weighted by Crippen LogP contribution is 2.18. The number of hydrogen-bond acceptors (Lipinski definition) is 4. The molecule has 1 N–H and O–H groups in total. The number of nitrogens with zero attached hydrogens (tertiary/aromatic N) is 4. The average molecular weight is 333 g/mol. The minimum absolute atomic E-state index is 0.0895. The number of aromatic nitrogens is 3. The van der Waals surface area contributed by atoms with Crippen molar-refractivity contribution in [2.45, 2.75) is 70.9 Å². The van der Waals surface area contributed by atoms with Gasteiger partial charge in [-0.15, -0.1) is 10.2 Å². The Morgan fingerprint density at radius 2 is 1.83 bits per heavy atom. The lowest BCUT2D eigenvalue weighted by molar-refractivity contribution is -0.135. The molecule has 132 valence electrons. The van der Waals surface area contributed by atoms with E-state index in [1.807, 2.05) is 6.92 Å². The predicted octanol–water partition coefficient (Wildman–Crippen LogP) is 1.58. The number of fused-ring (bicyclic) bond motifs is 1. The molecular formula is C17H27N5O2. The van der Waals surface area contributed by atoms with Crippen LogP contribution in [0, 0.1) is 0 Å². The van der Waals surface area contributed by atoms with Gasteiger partial charge < -0.3 is 14.8 Å². The van der Waals surface area contributed by atoms with Crippen LogP contribution in [0.4, 0.5) is 0 Å². The maximum Gasteiger partial charge on any atom is 0.240 e. The van der Waals surface area contributed by atoms with Crippen LogP contribution in [0.3, 0.4) is 0 Å². The molecule has 3 heterocycles. The summed E-state index contributed by atoms with van der Waals surface area (Å²) in [5, 5.41) is 11.6. The molecule has 0 aromatic carbocycles. The molecule has 24 heavy (non-hydrogen) atoms. The molecule has 0 spiro atoms. The van der Waals surface area contributed by atoms with Gasteiger partial charge in [0, 0.05) is 25.9 Å². The summed E-state index contributed by atoms with van der Waals surface area (Å²) in [6.07, 6.45) is 7.96. The van der Waals surface area contributed by atoms with E-state index in [0.29, 0.717) is 13.0 Å². The first-order valence-electron chi connectivity index (χ1n) is 9.14. The first-order valence-corrected chi connectivity index (χ1v) is 9.14. The smallest absolute Gasteiger partial charge is 0.240 e. The van der Waals surface area contributed by atoms with Gasteiger partial charge in [-0.1, -0.05) is 12.8 Å². The Balaban J connectivity index is 1.60. The highest BCUT2D eigenvalue weighted by atomic mass is 16.2. The maximum atomic E-state index is 12.3. The summed E-state index contributed by atoms with van der Waals surface area (Å²) in [5.41, 5.74) is 0. The standard InChI is InChI=1S/C17H27N5O2/c1-13(17-20-19-14-8-4-2-7-11-22(14)17)18-15(23)12-21-10-6-3-5-9-16(21)24/h13H,2-12H2,1H3,(H,18,23)/t13-/m0/s1. The molecule has 1 aromatic rings. The molecule has 7 nitrogen and oxygen atoms in total. The largest absolute Gasteiger partial charge is 0.345 e. The van der Waals surface area contributed by atoms with Gasteiger partial charge in [0.2, 0.25) is 11.8 Å². The Bertz CT molecular complexity index is 598. The van der Waals surface area contributed by atoms with Crippen molar-refractivity contribution in [1.82, 2.24) is 25.0 Å². The van der Waals surface area contributed by atoms with E-state index >= 15 is 0 Å². The molecule has 0 bridgehead atoms. The molecule has 1 fully saturated rings. The monoisotopic (exact) mass is 333 g/mol. The highest BCUT2D eigenvalue weighted by molar-refractivity contribution is 5.85. The van der Waals surface area contributed by atoms with Gasteiger partial charge in [0.1, 0.15) is 5.82 Å². The first-order chi connectivity index (χ1) is 11.6. The van der Waals surface area contributed by atoms with Gasteiger partial charge in [-0.3, -0.25) is 9.59 Å². The van der Waals surface area contributed by atoms with Crippen LogP contribution in [0.2, 0.25) is 0 Å². The molecular weight excluding hydrogens is 306 g/mol. The molecule has 0 aliphatic carbocycles. The molecule has 1 atom stereocenters. The Morgan fingerprint density at radius 1 is 1.08 bits per heavy atom. The number of nitrogens with one attached hydrogen (secondary N) is 1. The summed E-state index contributed by atoms with van der Waals surface area (Å²) in [4.78, 5) is 26.0. The van der Waals surface area contributed by atoms with Gasteiger partial charge in [-0.2, -0.15) is 0 Å². The quantitative estimate of drug-likeness (QED) is 0.907. The number of likely N-dealkylation sites (tertiary alicyclic amines) is 1. The molecule has 0 radical (unpaired) electrons. The van der Waals surface area contributed by atoms with E-state index in [2.05, 4.69) is 20.1 Å². The van der Waals surface area contributed by atoms with Crippen LogP contribution in [0.1, 0.15) is 69.6 Å². The van der Waals surface area contributed by atoms with Gasteiger partial charge >= 0.3 is 0 Å². The highest BCUT2D eigenvalue weighted by Gasteiger charge is 2.23.